The van der Waals surface area contributed by atoms with Crippen molar-refractivity contribution in [2.75, 3.05) is 0 Å². The normalized spacial score (nSPS) is 26.3. The van der Waals surface area contributed by atoms with E-state index >= 15 is 0 Å². The number of thiophene rings is 1. The zero-order valence-electron chi connectivity index (χ0n) is 11.9. The van der Waals surface area contributed by atoms with Gasteiger partial charge < -0.3 is 10.6 Å². The fraction of sp³-hybridized carbons (Fsp3) is 0.375. The molecule has 3 unspecified atom stereocenters. The topological polar surface area (TPSA) is 54.0 Å². The molecular formula is C16H16ClN3OS. The Morgan fingerprint density at radius 2 is 2.27 bits per heavy atom. The maximum absolute atomic E-state index is 12.4. The van der Waals surface area contributed by atoms with Crippen molar-refractivity contribution >= 4 is 28.8 Å². The van der Waals surface area contributed by atoms with Crippen molar-refractivity contribution in [3.8, 4) is 10.4 Å². The van der Waals surface area contributed by atoms with Crippen LogP contribution >= 0.6 is 22.9 Å². The molecule has 0 spiro atoms. The molecule has 4 rings (SSSR count). The summed E-state index contributed by atoms with van der Waals surface area (Å²) in [6, 6.07) is 6.99. The quantitative estimate of drug-likeness (QED) is 0.907. The number of rotatable bonds is 3. The predicted octanol–water partition coefficient (Wildman–Crippen LogP) is 3.09. The van der Waals surface area contributed by atoms with Gasteiger partial charge in [-0.25, -0.2) is 0 Å². The lowest BCUT2D eigenvalue weighted by Crippen LogP contribution is -2.42. The highest BCUT2D eigenvalue weighted by molar-refractivity contribution is 7.17. The summed E-state index contributed by atoms with van der Waals surface area (Å²) < 4.78 is 0. The van der Waals surface area contributed by atoms with Crippen molar-refractivity contribution in [2.24, 2.45) is 0 Å². The second-order valence-electron chi connectivity index (χ2n) is 5.92. The number of nitrogens with zero attached hydrogens (tertiary/aromatic N) is 1. The summed E-state index contributed by atoms with van der Waals surface area (Å²) in [5, 5.41) is 7.31. The minimum Gasteiger partial charge on any atom is -0.347 e. The molecule has 4 nitrogen and oxygen atoms in total. The van der Waals surface area contributed by atoms with Gasteiger partial charge in [0.2, 0.25) is 0 Å². The Labute approximate surface area is 137 Å². The summed E-state index contributed by atoms with van der Waals surface area (Å²) in [6.07, 6.45) is 6.82. The molecule has 0 radical (unpaired) electrons. The van der Waals surface area contributed by atoms with Gasteiger partial charge in [-0.3, -0.25) is 9.78 Å². The summed E-state index contributed by atoms with van der Waals surface area (Å²) in [6.45, 7) is 0. The highest BCUT2D eigenvalue weighted by atomic mass is 35.5. The van der Waals surface area contributed by atoms with Crippen LogP contribution in [0.25, 0.3) is 10.4 Å². The number of carbonyl (C=O) groups is 1. The second-order valence-corrected chi connectivity index (χ2v) is 7.44. The number of halogens is 1. The van der Waals surface area contributed by atoms with Crippen LogP contribution in [0.3, 0.4) is 0 Å². The van der Waals surface area contributed by atoms with E-state index in [1.807, 2.05) is 18.2 Å². The molecule has 3 atom stereocenters. The summed E-state index contributed by atoms with van der Waals surface area (Å²) in [5.41, 5.74) is 0.943. The van der Waals surface area contributed by atoms with Crippen LogP contribution in [0.1, 0.15) is 28.9 Å². The Balaban J connectivity index is 1.48. The Bertz CT molecular complexity index is 717. The van der Waals surface area contributed by atoms with Gasteiger partial charge in [-0.15, -0.1) is 11.3 Å². The molecule has 2 bridgehead atoms. The van der Waals surface area contributed by atoms with Gasteiger partial charge in [0.05, 0.1) is 9.90 Å². The van der Waals surface area contributed by atoms with E-state index in [1.165, 1.54) is 24.2 Å². The number of pyridine rings is 1. The van der Waals surface area contributed by atoms with Gasteiger partial charge in [-0.2, -0.15) is 0 Å². The van der Waals surface area contributed by atoms with Crippen molar-refractivity contribution in [3.63, 3.8) is 0 Å². The van der Waals surface area contributed by atoms with Gasteiger partial charge in [0.1, 0.15) is 0 Å². The number of aromatic nitrogens is 1. The zero-order valence-corrected chi connectivity index (χ0v) is 13.5. The first-order chi connectivity index (χ1) is 10.7. The number of carbonyl (C=O) groups excluding carboxylic acids is 1. The molecule has 2 saturated heterocycles. The Morgan fingerprint density at radius 1 is 1.36 bits per heavy atom. The maximum Gasteiger partial charge on any atom is 0.261 e. The zero-order chi connectivity index (χ0) is 15.1. The fourth-order valence-corrected chi connectivity index (χ4v) is 4.45. The summed E-state index contributed by atoms with van der Waals surface area (Å²) >= 11 is 7.44. The lowest BCUT2D eigenvalue weighted by atomic mass is 9.95. The van der Waals surface area contributed by atoms with Gasteiger partial charge in [0.25, 0.3) is 5.91 Å². The van der Waals surface area contributed by atoms with Gasteiger partial charge in [0, 0.05) is 41.0 Å². The molecule has 0 aliphatic carbocycles. The van der Waals surface area contributed by atoms with E-state index in [9.17, 15) is 4.79 Å². The number of fused-ring (bicyclic) bond motifs is 2. The monoisotopic (exact) mass is 333 g/mol. The minimum atomic E-state index is 0.0191. The molecule has 0 saturated carbocycles. The van der Waals surface area contributed by atoms with Crippen LogP contribution in [0.5, 0.6) is 0 Å². The number of nitrogens with one attached hydrogen (secondary N) is 2. The van der Waals surface area contributed by atoms with Gasteiger partial charge >= 0.3 is 0 Å². The van der Waals surface area contributed by atoms with Gasteiger partial charge in [0.15, 0.2) is 0 Å². The fourth-order valence-electron chi connectivity index (χ4n) is 3.38. The molecule has 0 aromatic carbocycles. The molecule has 2 fully saturated rings. The van der Waals surface area contributed by atoms with Gasteiger partial charge in [-0.1, -0.05) is 11.6 Å². The largest absolute Gasteiger partial charge is 0.347 e. The molecule has 1 amide bonds. The lowest BCUT2D eigenvalue weighted by Gasteiger charge is -2.20. The molecule has 4 heterocycles. The van der Waals surface area contributed by atoms with Crippen molar-refractivity contribution < 1.29 is 4.79 Å². The van der Waals surface area contributed by atoms with Crippen molar-refractivity contribution in [2.45, 2.75) is 37.4 Å². The van der Waals surface area contributed by atoms with E-state index in [4.69, 9.17) is 11.6 Å². The standard InChI is InChI=1S/C16H16ClN3OS/c17-10-5-9(7-18-8-10)14-3-4-15(22-14)16(21)20-13-6-11-1-2-12(13)19-11/h3-5,7-8,11-13,19H,1-2,6H2,(H,20,21). The highest BCUT2D eigenvalue weighted by Crippen LogP contribution is 2.31. The third-order valence-corrected chi connectivity index (χ3v) is 5.78. The number of hydrogen-bond acceptors (Lipinski definition) is 4. The van der Waals surface area contributed by atoms with Crippen molar-refractivity contribution in [3.05, 3.63) is 40.5 Å². The number of hydrogen-bond donors (Lipinski definition) is 2. The van der Waals surface area contributed by atoms with E-state index in [0.29, 0.717) is 17.1 Å². The molecule has 114 valence electrons. The van der Waals surface area contributed by atoms with E-state index in [2.05, 4.69) is 15.6 Å². The third-order valence-electron chi connectivity index (χ3n) is 4.44. The first-order valence-electron chi connectivity index (χ1n) is 7.47. The second kappa shape index (κ2) is 5.65. The molecule has 2 aliphatic rings. The van der Waals surface area contributed by atoms with Crippen LogP contribution in [0.2, 0.25) is 5.02 Å². The SMILES string of the molecule is O=C(NC1CC2CCC1N2)c1ccc(-c2cncc(Cl)c2)s1. The molecule has 2 N–H and O–H groups in total. The molecule has 6 heteroatoms. The highest BCUT2D eigenvalue weighted by Gasteiger charge is 2.39. The van der Waals surface area contributed by atoms with Crippen LogP contribution in [0, 0.1) is 0 Å². The first-order valence-corrected chi connectivity index (χ1v) is 8.66. The van der Waals surface area contributed by atoms with E-state index < -0.39 is 0 Å². The Morgan fingerprint density at radius 3 is 3.00 bits per heavy atom. The van der Waals surface area contributed by atoms with Crippen LogP contribution < -0.4 is 10.6 Å². The maximum atomic E-state index is 12.4. The van der Waals surface area contributed by atoms with Crippen molar-refractivity contribution in [1.29, 1.82) is 0 Å². The summed E-state index contributed by atoms with van der Waals surface area (Å²) in [5.74, 6) is 0.0191. The average Bonchev–Trinajstić information content (AvgIpc) is 3.23. The molecule has 2 aromatic rings. The molecule has 22 heavy (non-hydrogen) atoms. The third kappa shape index (κ3) is 2.64. The first kappa shape index (κ1) is 14.2. The number of amides is 1. The summed E-state index contributed by atoms with van der Waals surface area (Å²) in [4.78, 5) is 18.2. The van der Waals surface area contributed by atoms with Crippen molar-refractivity contribution in [1.82, 2.24) is 15.6 Å². The van der Waals surface area contributed by atoms with E-state index in [-0.39, 0.29) is 11.9 Å². The molecule has 2 aliphatic heterocycles. The molecule has 2 aromatic heterocycles. The Hall–Kier alpha value is -1.43. The summed E-state index contributed by atoms with van der Waals surface area (Å²) in [7, 11) is 0. The lowest BCUT2D eigenvalue weighted by molar-refractivity contribution is 0.0935. The molecular weight excluding hydrogens is 318 g/mol. The predicted molar refractivity (Wildman–Crippen MR) is 88.4 cm³/mol. The van der Waals surface area contributed by atoms with Gasteiger partial charge in [-0.05, 0) is 37.5 Å². The van der Waals surface area contributed by atoms with Crippen LogP contribution in [-0.2, 0) is 0 Å². The Kier molecular flexibility index (Phi) is 3.64. The van der Waals surface area contributed by atoms with E-state index in [1.54, 1.807) is 12.4 Å². The average molecular weight is 334 g/mol. The van der Waals surface area contributed by atoms with Crippen LogP contribution in [-0.4, -0.2) is 29.0 Å². The smallest absolute Gasteiger partial charge is 0.261 e. The van der Waals surface area contributed by atoms with E-state index in [0.717, 1.165) is 21.7 Å². The van der Waals surface area contributed by atoms with Crippen LogP contribution in [0.4, 0.5) is 0 Å². The van der Waals surface area contributed by atoms with Crippen LogP contribution in [0.15, 0.2) is 30.6 Å². The minimum absolute atomic E-state index is 0.0191.